The molecule has 0 aliphatic carbocycles. The quantitative estimate of drug-likeness (QED) is 0.134. The van der Waals surface area contributed by atoms with Crippen LogP contribution in [0, 0.1) is 19.8 Å². The number of ether oxygens (including phenoxy) is 6. The maximum atomic E-state index is 12.8. The van der Waals surface area contributed by atoms with Crippen molar-refractivity contribution in [1.29, 1.82) is 0 Å². The van der Waals surface area contributed by atoms with Crippen LogP contribution < -0.4 is 15.2 Å². The van der Waals surface area contributed by atoms with Gasteiger partial charge in [-0.3, -0.25) is 4.79 Å². The number of rotatable bonds is 17. The minimum absolute atomic E-state index is 0.0668. The minimum Gasteiger partial charge on any atom is -0.496 e. The first-order chi connectivity index (χ1) is 18.1. The molecule has 1 atom stereocenters. The van der Waals surface area contributed by atoms with Crippen molar-refractivity contribution >= 4 is 11.9 Å². The maximum absolute atomic E-state index is 12.8. The van der Waals surface area contributed by atoms with Gasteiger partial charge in [0.05, 0.1) is 34.5 Å². The van der Waals surface area contributed by atoms with Gasteiger partial charge >= 0.3 is 11.9 Å². The second-order valence-corrected chi connectivity index (χ2v) is 9.22. The van der Waals surface area contributed by atoms with E-state index >= 15 is 0 Å². The van der Waals surface area contributed by atoms with E-state index in [1.54, 1.807) is 14.2 Å². The summed E-state index contributed by atoms with van der Waals surface area (Å²) >= 11 is 0. The van der Waals surface area contributed by atoms with Crippen molar-refractivity contribution in [3.05, 3.63) is 45.6 Å². The van der Waals surface area contributed by atoms with Crippen LogP contribution in [-0.2, 0) is 30.2 Å². The molecule has 0 amide bonds. The Morgan fingerprint density at radius 1 is 0.868 bits per heavy atom. The van der Waals surface area contributed by atoms with Gasteiger partial charge in [0.25, 0.3) is 0 Å². The zero-order chi connectivity index (χ0) is 28.7. The van der Waals surface area contributed by atoms with Crippen molar-refractivity contribution < 1.29 is 38.0 Å². The molecule has 0 aromatic heterocycles. The summed E-state index contributed by atoms with van der Waals surface area (Å²) in [5.41, 5.74) is 10.5. The highest BCUT2D eigenvalue weighted by atomic mass is 16.7. The molecule has 0 saturated carbocycles. The number of allylic oxidation sites excluding steroid dienone is 3. The predicted molar refractivity (Wildman–Crippen MR) is 147 cm³/mol. The molecular weight excluding hydrogens is 490 g/mol. The van der Waals surface area contributed by atoms with E-state index in [9.17, 15) is 9.59 Å². The Morgan fingerprint density at radius 2 is 1.53 bits per heavy atom. The van der Waals surface area contributed by atoms with E-state index in [4.69, 9.17) is 34.2 Å². The molecule has 0 fully saturated rings. The van der Waals surface area contributed by atoms with Gasteiger partial charge in [-0.15, -0.1) is 0 Å². The smallest absolute Gasteiger partial charge is 0.341 e. The van der Waals surface area contributed by atoms with Crippen LogP contribution in [0.3, 0.4) is 0 Å². The van der Waals surface area contributed by atoms with E-state index in [1.165, 1.54) is 14.2 Å². The van der Waals surface area contributed by atoms with Gasteiger partial charge < -0.3 is 34.2 Å². The van der Waals surface area contributed by atoms with Gasteiger partial charge in [0.15, 0.2) is 6.79 Å². The summed E-state index contributed by atoms with van der Waals surface area (Å²) in [5, 5.41) is 0. The van der Waals surface area contributed by atoms with Gasteiger partial charge in [-0.1, -0.05) is 23.3 Å². The second kappa shape index (κ2) is 17.6. The molecule has 1 aromatic rings. The average molecular weight is 536 g/mol. The van der Waals surface area contributed by atoms with Gasteiger partial charge in [-0.25, -0.2) is 4.79 Å². The fourth-order valence-corrected chi connectivity index (χ4v) is 4.37. The highest BCUT2D eigenvalue weighted by molar-refractivity contribution is 5.96. The van der Waals surface area contributed by atoms with Crippen molar-refractivity contribution in [2.45, 2.75) is 53.4 Å². The fraction of sp³-hybridized carbons (Fsp3) is 0.586. The standard InChI is InChI=1S/C29H45NO8/c1-19(15-23(17-25(31)34-6)16-20(2)11-12-30)9-10-24-27(35-7)22(4)21(3)26(29(32)36-8)28(24)38-18-37-14-13-33-5/h9,11,23H,10,12-18,30H2,1-8H3/b19-9+,20-11+. The summed E-state index contributed by atoms with van der Waals surface area (Å²) < 4.78 is 32.3. The van der Waals surface area contributed by atoms with E-state index < -0.39 is 5.97 Å². The molecule has 214 valence electrons. The molecule has 0 heterocycles. The zero-order valence-corrected chi connectivity index (χ0v) is 24.2. The van der Waals surface area contributed by atoms with Gasteiger partial charge in [-0.2, -0.15) is 0 Å². The van der Waals surface area contributed by atoms with Crippen LogP contribution in [0.4, 0.5) is 0 Å². The zero-order valence-electron chi connectivity index (χ0n) is 24.2. The molecule has 9 heteroatoms. The monoisotopic (exact) mass is 535 g/mol. The van der Waals surface area contributed by atoms with Crippen LogP contribution in [0.25, 0.3) is 0 Å². The largest absolute Gasteiger partial charge is 0.496 e. The van der Waals surface area contributed by atoms with E-state index in [2.05, 4.69) is 6.08 Å². The van der Waals surface area contributed by atoms with Crippen LogP contribution >= 0.6 is 0 Å². The number of esters is 2. The van der Waals surface area contributed by atoms with Crippen LogP contribution in [0.1, 0.15) is 60.2 Å². The second-order valence-electron chi connectivity index (χ2n) is 9.22. The minimum atomic E-state index is -0.498. The van der Waals surface area contributed by atoms with E-state index in [-0.39, 0.29) is 18.7 Å². The third kappa shape index (κ3) is 10.1. The summed E-state index contributed by atoms with van der Waals surface area (Å²) in [5.74, 6) is 0.331. The molecule has 38 heavy (non-hydrogen) atoms. The van der Waals surface area contributed by atoms with E-state index in [0.29, 0.717) is 61.6 Å². The van der Waals surface area contributed by atoms with Gasteiger partial charge in [0, 0.05) is 25.6 Å². The fourth-order valence-electron chi connectivity index (χ4n) is 4.37. The van der Waals surface area contributed by atoms with Crippen molar-refractivity contribution in [1.82, 2.24) is 0 Å². The average Bonchev–Trinajstić information content (AvgIpc) is 2.88. The number of hydrogen-bond donors (Lipinski definition) is 1. The molecule has 0 aliphatic heterocycles. The number of benzene rings is 1. The normalized spacial score (nSPS) is 12.8. The molecule has 1 unspecified atom stereocenters. The molecule has 0 saturated heterocycles. The Bertz CT molecular complexity index is 984. The predicted octanol–water partition coefficient (Wildman–Crippen LogP) is 4.45. The molecule has 0 radical (unpaired) electrons. The lowest BCUT2D eigenvalue weighted by atomic mass is 9.89. The molecular formula is C29H45NO8. The van der Waals surface area contributed by atoms with Gasteiger partial charge in [-0.05, 0) is 64.0 Å². The topological polar surface area (TPSA) is 116 Å². The Morgan fingerprint density at radius 3 is 2.08 bits per heavy atom. The number of nitrogens with two attached hydrogens (primary N) is 1. The van der Waals surface area contributed by atoms with E-state index in [0.717, 1.165) is 28.7 Å². The van der Waals surface area contributed by atoms with Gasteiger partial charge in [0.1, 0.15) is 17.1 Å². The summed E-state index contributed by atoms with van der Waals surface area (Å²) in [4.78, 5) is 24.8. The SMILES string of the molecule is COCCOCOc1c(C/C=C(\C)CC(CC(=O)OC)C/C(C)=C/CN)c(OC)c(C)c(C)c1C(=O)OC. The van der Waals surface area contributed by atoms with Crippen molar-refractivity contribution in [2.24, 2.45) is 11.7 Å². The summed E-state index contributed by atoms with van der Waals surface area (Å²) in [6.45, 7) is 8.94. The van der Waals surface area contributed by atoms with Crippen molar-refractivity contribution in [3.63, 3.8) is 0 Å². The Labute approximate surface area is 227 Å². The highest BCUT2D eigenvalue weighted by Crippen LogP contribution is 2.40. The Hall–Kier alpha value is -2.88. The first-order valence-electron chi connectivity index (χ1n) is 12.7. The Balaban J connectivity index is 3.39. The van der Waals surface area contributed by atoms with Crippen LogP contribution in [0.2, 0.25) is 0 Å². The first-order valence-corrected chi connectivity index (χ1v) is 12.7. The van der Waals surface area contributed by atoms with Crippen molar-refractivity contribution in [2.75, 3.05) is 55.0 Å². The molecule has 0 aliphatic rings. The molecule has 0 bridgehead atoms. The summed E-state index contributed by atoms with van der Waals surface area (Å²) in [7, 11) is 5.92. The van der Waals surface area contributed by atoms with Crippen LogP contribution in [0.5, 0.6) is 11.5 Å². The molecule has 1 rings (SSSR count). The van der Waals surface area contributed by atoms with Crippen LogP contribution in [0.15, 0.2) is 23.3 Å². The van der Waals surface area contributed by atoms with Crippen molar-refractivity contribution in [3.8, 4) is 11.5 Å². The summed E-state index contributed by atoms with van der Waals surface area (Å²) in [6.07, 6.45) is 6.22. The van der Waals surface area contributed by atoms with E-state index in [1.807, 2.05) is 33.8 Å². The lowest BCUT2D eigenvalue weighted by Crippen LogP contribution is -2.15. The molecule has 2 N–H and O–H groups in total. The third-order valence-electron chi connectivity index (χ3n) is 6.39. The Kier molecular flexibility index (Phi) is 15.3. The number of hydrogen-bond acceptors (Lipinski definition) is 9. The number of carbonyl (C=O) groups is 2. The van der Waals surface area contributed by atoms with Crippen LogP contribution in [-0.4, -0.2) is 66.9 Å². The summed E-state index contributed by atoms with van der Waals surface area (Å²) in [6, 6.07) is 0. The highest BCUT2D eigenvalue weighted by Gasteiger charge is 2.26. The molecule has 1 aromatic carbocycles. The first kappa shape index (κ1) is 33.1. The number of methoxy groups -OCH3 is 4. The number of carbonyl (C=O) groups excluding carboxylic acids is 2. The lowest BCUT2D eigenvalue weighted by Gasteiger charge is -2.22. The van der Waals surface area contributed by atoms with Gasteiger partial charge in [0.2, 0.25) is 0 Å². The third-order valence-corrected chi connectivity index (χ3v) is 6.39. The lowest BCUT2D eigenvalue weighted by molar-refractivity contribution is -0.141. The molecule has 0 spiro atoms. The molecule has 9 nitrogen and oxygen atoms in total. The maximum Gasteiger partial charge on any atom is 0.341 e.